The van der Waals surface area contributed by atoms with Crippen LogP contribution in [0.1, 0.15) is 16.7 Å². The smallest absolute Gasteiger partial charge is 0.335 e. The number of imidazole rings is 2. The van der Waals surface area contributed by atoms with Crippen molar-refractivity contribution in [3.63, 3.8) is 0 Å². The molecule has 2 aromatic carbocycles. The molecule has 2 heterocycles. The van der Waals surface area contributed by atoms with Crippen LogP contribution in [-0.2, 0) is 19.4 Å². The SMILES string of the molecule is Cc1cc(C(F)(F)F)cc2c1nc(-c1nc3ccc(C(F)(F)F)cc3[nH]1)n2C. The Morgan fingerprint density at radius 1 is 0.893 bits per heavy atom. The first-order chi connectivity index (χ1) is 12.9. The lowest BCUT2D eigenvalue weighted by atomic mass is 10.1. The largest absolute Gasteiger partial charge is 0.416 e. The Labute approximate surface area is 153 Å². The van der Waals surface area contributed by atoms with Crippen LogP contribution < -0.4 is 0 Å². The Morgan fingerprint density at radius 2 is 1.57 bits per heavy atom. The summed E-state index contributed by atoms with van der Waals surface area (Å²) in [5.41, 5.74) is -0.229. The van der Waals surface area contributed by atoms with Crippen LogP contribution in [0, 0.1) is 6.92 Å². The predicted molar refractivity (Wildman–Crippen MR) is 90.5 cm³/mol. The zero-order valence-corrected chi connectivity index (χ0v) is 14.5. The Bertz CT molecular complexity index is 1210. The van der Waals surface area contributed by atoms with Gasteiger partial charge in [0.25, 0.3) is 0 Å². The molecule has 0 saturated carbocycles. The Balaban J connectivity index is 1.89. The van der Waals surface area contributed by atoms with Gasteiger partial charge in [0.2, 0.25) is 0 Å². The molecule has 28 heavy (non-hydrogen) atoms. The summed E-state index contributed by atoms with van der Waals surface area (Å²) in [7, 11) is 1.53. The van der Waals surface area contributed by atoms with E-state index < -0.39 is 23.5 Å². The Hall–Kier alpha value is -3.04. The van der Waals surface area contributed by atoms with E-state index in [9.17, 15) is 26.3 Å². The highest BCUT2D eigenvalue weighted by Crippen LogP contribution is 2.35. The second-order valence-electron chi connectivity index (χ2n) is 6.47. The molecule has 0 spiro atoms. The van der Waals surface area contributed by atoms with Gasteiger partial charge >= 0.3 is 12.4 Å². The van der Waals surface area contributed by atoms with Gasteiger partial charge in [0, 0.05) is 7.05 Å². The van der Waals surface area contributed by atoms with Crippen molar-refractivity contribution in [3.8, 4) is 11.6 Å². The summed E-state index contributed by atoms with van der Waals surface area (Å²) >= 11 is 0. The number of hydrogen-bond acceptors (Lipinski definition) is 2. The maximum absolute atomic E-state index is 13.1. The molecule has 0 aliphatic heterocycles. The molecule has 0 fully saturated rings. The highest BCUT2D eigenvalue weighted by atomic mass is 19.4. The third kappa shape index (κ3) is 2.88. The van der Waals surface area contributed by atoms with Gasteiger partial charge in [-0.15, -0.1) is 0 Å². The van der Waals surface area contributed by atoms with E-state index in [1.807, 2.05) is 0 Å². The zero-order chi connectivity index (χ0) is 20.4. The first-order valence-electron chi connectivity index (χ1n) is 8.07. The second kappa shape index (κ2) is 5.73. The summed E-state index contributed by atoms with van der Waals surface area (Å²) in [5, 5.41) is 0. The van der Waals surface area contributed by atoms with E-state index in [1.165, 1.54) is 24.6 Å². The average molecular weight is 398 g/mol. The molecule has 0 aliphatic carbocycles. The van der Waals surface area contributed by atoms with Crippen molar-refractivity contribution < 1.29 is 26.3 Å². The average Bonchev–Trinajstić information content (AvgIpc) is 3.14. The summed E-state index contributed by atoms with van der Waals surface area (Å²) in [6.45, 7) is 1.52. The number of halogens is 6. The minimum absolute atomic E-state index is 0.157. The summed E-state index contributed by atoms with van der Waals surface area (Å²) in [6.07, 6.45) is -9.00. The minimum Gasteiger partial charge on any atom is -0.335 e. The molecular weight excluding hydrogens is 386 g/mol. The van der Waals surface area contributed by atoms with Gasteiger partial charge in [-0.2, -0.15) is 26.3 Å². The molecule has 0 bridgehead atoms. The van der Waals surface area contributed by atoms with Crippen molar-refractivity contribution in [1.82, 2.24) is 19.5 Å². The number of hydrogen-bond donors (Lipinski definition) is 1. The molecule has 1 N–H and O–H groups in total. The summed E-state index contributed by atoms with van der Waals surface area (Å²) < 4.78 is 79.4. The fourth-order valence-electron chi connectivity index (χ4n) is 3.12. The number of fused-ring (bicyclic) bond motifs is 2. The fraction of sp³-hybridized carbons (Fsp3) is 0.222. The summed E-state index contributed by atoms with van der Waals surface area (Å²) in [4.78, 5) is 11.4. The minimum atomic E-state index is -4.50. The van der Waals surface area contributed by atoms with Gasteiger partial charge in [0.15, 0.2) is 11.6 Å². The summed E-state index contributed by atoms with van der Waals surface area (Å²) in [6, 6.07) is 5.08. The second-order valence-corrected chi connectivity index (χ2v) is 6.47. The fourth-order valence-corrected chi connectivity index (χ4v) is 3.12. The number of nitrogens with zero attached hydrogens (tertiary/aromatic N) is 3. The van der Waals surface area contributed by atoms with Crippen LogP contribution in [0.2, 0.25) is 0 Å². The molecule has 146 valence electrons. The van der Waals surface area contributed by atoms with Crippen LogP contribution >= 0.6 is 0 Å². The Kier molecular flexibility index (Phi) is 3.75. The van der Waals surface area contributed by atoms with Gasteiger partial charge in [0.1, 0.15) is 0 Å². The monoisotopic (exact) mass is 398 g/mol. The lowest BCUT2D eigenvalue weighted by Crippen LogP contribution is -2.05. The molecule has 4 aromatic rings. The topological polar surface area (TPSA) is 46.5 Å². The van der Waals surface area contributed by atoms with Crippen LogP contribution in [0.4, 0.5) is 26.3 Å². The van der Waals surface area contributed by atoms with Crippen LogP contribution in [0.3, 0.4) is 0 Å². The van der Waals surface area contributed by atoms with Crippen molar-refractivity contribution >= 4 is 22.1 Å². The van der Waals surface area contributed by atoms with E-state index in [0.29, 0.717) is 16.6 Å². The van der Waals surface area contributed by atoms with Crippen LogP contribution in [0.25, 0.3) is 33.7 Å². The van der Waals surface area contributed by atoms with E-state index in [0.717, 1.165) is 24.3 Å². The Morgan fingerprint density at radius 3 is 2.21 bits per heavy atom. The van der Waals surface area contributed by atoms with Crippen molar-refractivity contribution in [2.75, 3.05) is 0 Å². The van der Waals surface area contributed by atoms with Gasteiger partial charge in [0.05, 0.1) is 33.2 Å². The van der Waals surface area contributed by atoms with E-state index >= 15 is 0 Å². The number of aryl methyl sites for hydroxylation is 2. The van der Waals surface area contributed by atoms with E-state index in [-0.39, 0.29) is 22.7 Å². The maximum atomic E-state index is 13.1. The predicted octanol–water partition coefficient (Wildman–Crippen LogP) is 5.46. The lowest BCUT2D eigenvalue weighted by Gasteiger charge is -2.08. The molecule has 0 unspecified atom stereocenters. The first kappa shape index (κ1) is 18.3. The molecule has 4 nitrogen and oxygen atoms in total. The third-order valence-corrected chi connectivity index (χ3v) is 4.53. The highest BCUT2D eigenvalue weighted by molar-refractivity contribution is 5.85. The van der Waals surface area contributed by atoms with E-state index in [2.05, 4.69) is 15.0 Å². The molecule has 0 aliphatic rings. The molecule has 10 heteroatoms. The third-order valence-electron chi connectivity index (χ3n) is 4.53. The highest BCUT2D eigenvalue weighted by Gasteiger charge is 2.32. The quantitative estimate of drug-likeness (QED) is 0.433. The molecule has 0 amide bonds. The van der Waals surface area contributed by atoms with Crippen LogP contribution in [-0.4, -0.2) is 19.5 Å². The molecule has 0 radical (unpaired) electrons. The number of aromatic amines is 1. The first-order valence-corrected chi connectivity index (χ1v) is 8.07. The number of nitrogens with one attached hydrogen (secondary N) is 1. The van der Waals surface area contributed by atoms with Gasteiger partial charge in [-0.3, -0.25) is 0 Å². The standard InChI is InChI=1S/C18H12F6N4/c1-8-5-10(18(22,23)24)7-13-14(8)27-16(28(13)2)15-25-11-4-3-9(17(19,20)21)6-12(11)26-15/h3-7H,1-2H3,(H,25,26). The zero-order valence-electron chi connectivity index (χ0n) is 14.5. The van der Waals surface area contributed by atoms with Crippen molar-refractivity contribution in [3.05, 3.63) is 47.0 Å². The molecule has 0 atom stereocenters. The number of aromatic nitrogens is 4. The summed E-state index contributed by atoms with van der Waals surface area (Å²) in [5.74, 6) is 0.392. The molecule has 0 saturated heterocycles. The number of alkyl halides is 6. The van der Waals surface area contributed by atoms with Crippen molar-refractivity contribution in [1.29, 1.82) is 0 Å². The number of H-pyrrole nitrogens is 1. The molecule has 2 aromatic heterocycles. The van der Waals surface area contributed by atoms with Crippen molar-refractivity contribution in [2.24, 2.45) is 7.05 Å². The van der Waals surface area contributed by atoms with Crippen LogP contribution in [0.15, 0.2) is 30.3 Å². The van der Waals surface area contributed by atoms with Gasteiger partial charge in [-0.25, -0.2) is 9.97 Å². The normalized spacial score (nSPS) is 13.0. The molecule has 4 rings (SSSR count). The molecular formula is C18H12F6N4. The van der Waals surface area contributed by atoms with Gasteiger partial charge < -0.3 is 9.55 Å². The number of benzene rings is 2. The van der Waals surface area contributed by atoms with Gasteiger partial charge in [-0.1, -0.05) is 0 Å². The van der Waals surface area contributed by atoms with Gasteiger partial charge in [-0.05, 0) is 42.8 Å². The van der Waals surface area contributed by atoms with Crippen molar-refractivity contribution in [2.45, 2.75) is 19.3 Å². The van der Waals surface area contributed by atoms with E-state index in [4.69, 9.17) is 0 Å². The lowest BCUT2D eigenvalue weighted by molar-refractivity contribution is -0.138. The maximum Gasteiger partial charge on any atom is 0.416 e. The number of rotatable bonds is 1. The van der Waals surface area contributed by atoms with Crippen LogP contribution in [0.5, 0.6) is 0 Å². The van der Waals surface area contributed by atoms with E-state index in [1.54, 1.807) is 0 Å².